The van der Waals surface area contributed by atoms with E-state index >= 15 is 0 Å². The average Bonchev–Trinajstić information content (AvgIpc) is 2.67. The Hall–Kier alpha value is -2.93. The molecular weight excluding hydrogens is 374 g/mol. The molecule has 0 radical (unpaired) electrons. The minimum absolute atomic E-state index is 0.163. The largest absolute Gasteiger partial charge is 0.493 e. The second-order valence-electron chi connectivity index (χ2n) is 5.50. The molecule has 1 N–H and O–H groups in total. The quantitative estimate of drug-likeness (QED) is 0.725. The maximum absolute atomic E-state index is 12.3. The molecule has 8 heteroatoms. The van der Waals surface area contributed by atoms with Crippen molar-refractivity contribution in [3.8, 4) is 17.2 Å². The number of ether oxygens (including phenoxy) is 4. The summed E-state index contributed by atoms with van der Waals surface area (Å²) in [4.78, 5) is 24.3. The van der Waals surface area contributed by atoms with Gasteiger partial charge in [-0.05, 0) is 36.8 Å². The highest BCUT2D eigenvalue weighted by molar-refractivity contribution is 6.31. The van der Waals surface area contributed by atoms with E-state index in [0.29, 0.717) is 28.0 Å². The van der Waals surface area contributed by atoms with Crippen molar-refractivity contribution in [2.75, 3.05) is 33.3 Å². The van der Waals surface area contributed by atoms with Crippen molar-refractivity contribution in [2.45, 2.75) is 6.92 Å². The number of rotatable bonds is 7. The Morgan fingerprint density at radius 1 is 1.00 bits per heavy atom. The van der Waals surface area contributed by atoms with Gasteiger partial charge in [0.15, 0.2) is 18.1 Å². The molecule has 2 rings (SSSR count). The third-order valence-electron chi connectivity index (χ3n) is 3.71. The molecule has 0 atom stereocenters. The maximum atomic E-state index is 12.3. The Balaban J connectivity index is 2.07. The van der Waals surface area contributed by atoms with E-state index in [1.54, 1.807) is 18.2 Å². The van der Waals surface area contributed by atoms with Gasteiger partial charge < -0.3 is 24.3 Å². The molecule has 1 amide bonds. The summed E-state index contributed by atoms with van der Waals surface area (Å²) in [7, 11) is 4.33. The van der Waals surface area contributed by atoms with Gasteiger partial charge >= 0.3 is 5.97 Å². The Morgan fingerprint density at radius 2 is 1.63 bits per heavy atom. The first kappa shape index (κ1) is 20.4. The third-order valence-corrected chi connectivity index (χ3v) is 3.94. The zero-order valence-electron chi connectivity index (χ0n) is 15.4. The molecule has 0 fully saturated rings. The smallest absolute Gasteiger partial charge is 0.338 e. The Kier molecular flexibility index (Phi) is 6.90. The molecular formula is C19H20ClNO6. The molecule has 0 aliphatic carbocycles. The van der Waals surface area contributed by atoms with Crippen LogP contribution < -0.4 is 19.5 Å². The highest BCUT2D eigenvalue weighted by atomic mass is 35.5. The molecule has 0 spiro atoms. The van der Waals surface area contributed by atoms with Gasteiger partial charge in [-0.3, -0.25) is 4.79 Å². The maximum Gasteiger partial charge on any atom is 0.338 e. The van der Waals surface area contributed by atoms with Crippen molar-refractivity contribution in [1.82, 2.24) is 0 Å². The van der Waals surface area contributed by atoms with Crippen LogP contribution in [0.1, 0.15) is 15.9 Å². The number of anilines is 1. The minimum Gasteiger partial charge on any atom is -0.493 e. The lowest BCUT2D eigenvalue weighted by Gasteiger charge is -2.14. The minimum atomic E-state index is -0.702. The predicted octanol–water partition coefficient (Wildman–Crippen LogP) is 3.47. The number of nitrogens with one attached hydrogen (secondary N) is 1. The molecule has 0 unspecified atom stereocenters. The molecule has 0 aliphatic heterocycles. The van der Waals surface area contributed by atoms with E-state index in [-0.39, 0.29) is 5.56 Å². The molecule has 0 aromatic heterocycles. The highest BCUT2D eigenvalue weighted by Crippen LogP contribution is 2.38. The van der Waals surface area contributed by atoms with E-state index in [9.17, 15) is 9.59 Å². The first-order valence-corrected chi connectivity index (χ1v) is 8.30. The van der Waals surface area contributed by atoms with Gasteiger partial charge in [-0.15, -0.1) is 0 Å². The summed E-state index contributed by atoms with van der Waals surface area (Å²) in [6.45, 7) is 1.37. The summed E-state index contributed by atoms with van der Waals surface area (Å²) < 4.78 is 20.7. The fourth-order valence-electron chi connectivity index (χ4n) is 2.33. The van der Waals surface area contributed by atoms with E-state index in [2.05, 4.69) is 5.32 Å². The molecule has 7 nitrogen and oxygen atoms in total. The number of amides is 1. The fraction of sp³-hybridized carbons (Fsp3) is 0.263. The molecule has 0 saturated carbocycles. The first-order valence-electron chi connectivity index (χ1n) is 7.92. The molecule has 2 aromatic rings. The summed E-state index contributed by atoms with van der Waals surface area (Å²) in [6, 6.07) is 8.01. The van der Waals surface area contributed by atoms with Crippen LogP contribution in [0.25, 0.3) is 0 Å². The van der Waals surface area contributed by atoms with Crippen molar-refractivity contribution in [2.24, 2.45) is 0 Å². The molecule has 27 heavy (non-hydrogen) atoms. The zero-order chi connectivity index (χ0) is 20.0. The Bertz CT molecular complexity index is 827. The first-order chi connectivity index (χ1) is 12.9. The number of esters is 1. The van der Waals surface area contributed by atoms with Crippen LogP contribution in [0.5, 0.6) is 17.2 Å². The highest BCUT2D eigenvalue weighted by Gasteiger charge is 2.18. The van der Waals surface area contributed by atoms with Crippen LogP contribution in [0.2, 0.25) is 5.02 Å². The van der Waals surface area contributed by atoms with E-state index < -0.39 is 18.5 Å². The van der Waals surface area contributed by atoms with Crippen LogP contribution in [0.15, 0.2) is 30.3 Å². The van der Waals surface area contributed by atoms with Gasteiger partial charge in [-0.2, -0.15) is 0 Å². The van der Waals surface area contributed by atoms with Crippen LogP contribution >= 0.6 is 11.6 Å². The van der Waals surface area contributed by atoms with Gasteiger partial charge in [-0.25, -0.2) is 4.79 Å². The lowest BCUT2D eigenvalue weighted by atomic mass is 10.2. The van der Waals surface area contributed by atoms with Gasteiger partial charge in [0.1, 0.15) is 0 Å². The second-order valence-corrected chi connectivity index (χ2v) is 5.93. The summed E-state index contributed by atoms with van der Waals surface area (Å²) in [5, 5.41) is 3.14. The summed E-state index contributed by atoms with van der Waals surface area (Å²) in [5.41, 5.74) is 1.55. The summed E-state index contributed by atoms with van der Waals surface area (Å²) in [5.74, 6) is -0.218. The SMILES string of the molecule is COc1cc(C(=O)OCC(=O)Nc2cc(Cl)ccc2C)cc(OC)c1OC. The number of hydrogen-bond donors (Lipinski definition) is 1. The molecule has 0 saturated heterocycles. The molecule has 0 heterocycles. The van der Waals surface area contributed by atoms with E-state index in [1.165, 1.54) is 33.5 Å². The summed E-state index contributed by atoms with van der Waals surface area (Å²) >= 11 is 5.92. The second kappa shape index (κ2) is 9.14. The van der Waals surface area contributed by atoms with E-state index in [0.717, 1.165) is 5.56 Å². The van der Waals surface area contributed by atoms with Gasteiger partial charge in [0.25, 0.3) is 5.91 Å². The van der Waals surface area contributed by atoms with E-state index in [1.807, 2.05) is 6.92 Å². The van der Waals surface area contributed by atoms with Crippen LogP contribution in [-0.4, -0.2) is 39.8 Å². The van der Waals surface area contributed by atoms with Crippen LogP contribution in [0.3, 0.4) is 0 Å². The lowest BCUT2D eigenvalue weighted by Crippen LogP contribution is -2.21. The standard InChI is InChI=1S/C19H20ClNO6/c1-11-5-6-13(20)9-14(11)21-17(22)10-27-19(23)12-7-15(24-2)18(26-4)16(8-12)25-3/h5-9H,10H2,1-4H3,(H,21,22). The lowest BCUT2D eigenvalue weighted by molar-refractivity contribution is -0.119. The average molecular weight is 394 g/mol. The van der Waals surface area contributed by atoms with E-state index in [4.69, 9.17) is 30.5 Å². The third kappa shape index (κ3) is 5.04. The predicted molar refractivity (Wildman–Crippen MR) is 101 cm³/mol. The van der Waals surface area contributed by atoms with Crippen molar-refractivity contribution >= 4 is 29.2 Å². The van der Waals surface area contributed by atoms with Crippen LogP contribution in [0, 0.1) is 6.92 Å². The van der Waals surface area contributed by atoms with Gasteiger partial charge in [0, 0.05) is 10.7 Å². The Labute approximate surface area is 162 Å². The number of benzene rings is 2. The zero-order valence-corrected chi connectivity index (χ0v) is 16.2. The van der Waals surface area contributed by atoms with Crippen molar-refractivity contribution < 1.29 is 28.5 Å². The number of aryl methyl sites for hydroxylation is 1. The number of halogens is 1. The monoisotopic (exact) mass is 393 g/mol. The number of carbonyl (C=O) groups is 2. The normalized spacial score (nSPS) is 10.1. The van der Waals surface area contributed by atoms with Gasteiger partial charge in [0.05, 0.1) is 26.9 Å². The number of hydrogen-bond acceptors (Lipinski definition) is 6. The van der Waals surface area contributed by atoms with Crippen molar-refractivity contribution in [3.63, 3.8) is 0 Å². The molecule has 0 aliphatic rings. The van der Waals surface area contributed by atoms with Gasteiger partial charge in [-0.1, -0.05) is 17.7 Å². The Morgan fingerprint density at radius 3 is 2.19 bits per heavy atom. The van der Waals surface area contributed by atoms with Crippen molar-refractivity contribution in [3.05, 3.63) is 46.5 Å². The van der Waals surface area contributed by atoms with Crippen molar-refractivity contribution in [1.29, 1.82) is 0 Å². The van der Waals surface area contributed by atoms with Crippen LogP contribution in [-0.2, 0) is 9.53 Å². The topological polar surface area (TPSA) is 83.1 Å². The summed E-state index contributed by atoms with van der Waals surface area (Å²) in [6.07, 6.45) is 0. The van der Waals surface area contributed by atoms with Crippen LogP contribution in [0.4, 0.5) is 5.69 Å². The number of carbonyl (C=O) groups excluding carboxylic acids is 2. The van der Waals surface area contributed by atoms with Gasteiger partial charge in [0.2, 0.25) is 5.75 Å². The fourth-order valence-corrected chi connectivity index (χ4v) is 2.50. The molecule has 0 bridgehead atoms. The molecule has 144 valence electrons. The number of methoxy groups -OCH3 is 3. The molecule has 2 aromatic carbocycles.